The topological polar surface area (TPSA) is 112 Å². The van der Waals surface area contributed by atoms with Gasteiger partial charge in [0, 0.05) is 0 Å². The summed E-state index contributed by atoms with van der Waals surface area (Å²) in [7, 11) is 1.56. The fraction of sp³-hybridized carbons (Fsp3) is 0.393. The van der Waals surface area contributed by atoms with Crippen molar-refractivity contribution in [1.29, 1.82) is 0 Å². The van der Waals surface area contributed by atoms with Crippen molar-refractivity contribution in [2.75, 3.05) is 20.5 Å². The number of hydrogen-bond donors (Lipinski definition) is 2. The van der Waals surface area contributed by atoms with Crippen molar-refractivity contribution in [3.63, 3.8) is 0 Å². The first-order valence-corrected chi connectivity index (χ1v) is 12.6. The number of aryl methyl sites for hydroxylation is 1. The molecule has 2 N–H and O–H groups in total. The summed E-state index contributed by atoms with van der Waals surface area (Å²) >= 11 is 4.98. The van der Waals surface area contributed by atoms with E-state index in [2.05, 4.69) is 6.92 Å². The number of methoxy groups -OCH3 is 1. The summed E-state index contributed by atoms with van der Waals surface area (Å²) in [6.45, 7) is 3.89. The summed E-state index contributed by atoms with van der Waals surface area (Å²) in [5, 5.41) is 18.5. The van der Waals surface area contributed by atoms with E-state index < -0.39 is 17.4 Å². The second-order valence-corrected chi connectivity index (χ2v) is 9.17. The van der Waals surface area contributed by atoms with Crippen LogP contribution in [0.2, 0.25) is 0 Å². The molecule has 202 valence electrons. The van der Waals surface area contributed by atoms with Crippen molar-refractivity contribution in [3.8, 4) is 23.0 Å². The van der Waals surface area contributed by atoms with Crippen LogP contribution in [0.15, 0.2) is 24.3 Å². The van der Waals surface area contributed by atoms with Crippen LogP contribution in [-0.4, -0.2) is 47.7 Å². The molecule has 2 aromatic carbocycles. The van der Waals surface area contributed by atoms with Crippen molar-refractivity contribution in [2.24, 2.45) is 5.41 Å². The van der Waals surface area contributed by atoms with Crippen LogP contribution < -0.4 is 18.9 Å². The van der Waals surface area contributed by atoms with Gasteiger partial charge < -0.3 is 0 Å². The van der Waals surface area contributed by atoms with Crippen molar-refractivity contribution in [2.45, 2.75) is 46.0 Å². The van der Waals surface area contributed by atoms with Crippen LogP contribution in [0.5, 0.6) is 23.0 Å². The molecule has 0 aromatic heterocycles. The maximum atomic E-state index is 11.3. The molecule has 9 heteroatoms. The average molecular weight is 555 g/mol. The minimum absolute atomic E-state index is 0.0493. The molecule has 37 heavy (non-hydrogen) atoms. The standard InChI is InChI=1S/C28H32O8.Ni/c1-5-19-15-23-24(36-17-35-23)16-21(19)10-9-20-11-12-22(33-4)25(18(20)2)34-14-8-6-7-13-28(3,26(29)30)27(31)32;/h2,9-12,15-16H,5-8,13-14,17H2,1,3-4H3,(H,29,30)(H,31,32);. The predicted molar refractivity (Wildman–Crippen MR) is 136 cm³/mol. The van der Waals surface area contributed by atoms with Gasteiger partial charge in [0.1, 0.15) is 0 Å². The summed E-state index contributed by atoms with van der Waals surface area (Å²) in [5.74, 6) is -0.0830. The van der Waals surface area contributed by atoms with Gasteiger partial charge >= 0.3 is 224 Å². The Hall–Kier alpha value is -3.32. The van der Waals surface area contributed by atoms with E-state index in [0.29, 0.717) is 37.4 Å². The van der Waals surface area contributed by atoms with Gasteiger partial charge in [0.05, 0.1) is 0 Å². The summed E-state index contributed by atoms with van der Waals surface area (Å²) in [6, 6.07) is 7.72. The van der Waals surface area contributed by atoms with E-state index in [1.807, 2.05) is 36.4 Å². The first kappa shape index (κ1) is 28.3. The molecule has 0 radical (unpaired) electrons. The Morgan fingerprint density at radius 1 is 1.05 bits per heavy atom. The van der Waals surface area contributed by atoms with E-state index in [9.17, 15) is 19.8 Å². The summed E-state index contributed by atoms with van der Waals surface area (Å²) < 4.78 is 22.6. The van der Waals surface area contributed by atoms with Gasteiger partial charge in [-0.15, -0.1) is 0 Å². The van der Waals surface area contributed by atoms with Gasteiger partial charge in [-0.1, -0.05) is 0 Å². The second-order valence-electron chi connectivity index (χ2n) is 8.88. The van der Waals surface area contributed by atoms with Crippen LogP contribution >= 0.6 is 0 Å². The Bertz CT molecular complexity index is 1170. The Kier molecular flexibility index (Phi) is 9.75. The second kappa shape index (κ2) is 12.8. The van der Waals surface area contributed by atoms with Gasteiger partial charge in [-0.25, -0.2) is 0 Å². The number of carboxylic acid groups (broad SMARTS) is 2. The molecule has 0 amide bonds. The number of rotatable bonds is 14. The number of carboxylic acids is 2. The van der Waals surface area contributed by atoms with Crippen molar-refractivity contribution < 1.29 is 53.8 Å². The van der Waals surface area contributed by atoms with Crippen LogP contribution in [0.4, 0.5) is 0 Å². The van der Waals surface area contributed by atoms with Gasteiger partial charge in [0.15, 0.2) is 0 Å². The molecular formula is C28H32NiO8. The molecule has 0 aliphatic carbocycles. The van der Waals surface area contributed by atoms with Crippen molar-refractivity contribution >= 4 is 29.1 Å². The third-order valence-electron chi connectivity index (χ3n) is 6.47. The molecule has 0 bridgehead atoms. The van der Waals surface area contributed by atoms with Gasteiger partial charge in [0.2, 0.25) is 0 Å². The molecule has 1 aliphatic rings. The number of unbranched alkanes of at least 4 members (excludes halogenated alkanes) is 2. The zero-order valence-corrected chi connectivity index (χ0v) is 22.1. The monoisotopic (exact) mass is 554 g/mol. The number of ether oxygens (including phenoxy) is 4. The molecule has 0 fully saturated rings. The van der Waals surface area contributed by atoms with Crippen molar-refractivity contribution in [1.82, 2.24) is 0 Å². The summed E-state index contributed by atoms with van der Waals surface area (Å²) in [6.07, 6.45) is 6.58. The summed E-state index contributed by atoms with van der Waals surface area (Å²) in [4.78, 5) is 24.2. The third kappa shape index (κ3) is 6.52. The molecule has 0 unspecified atom stereocenters. The quantitative estimate of drug-likeness (QED) is 0.146. The zero-order chi connectivity index (χ0) is 27.0. The SMILES string of the molecule is CCc1cc2c(cc1C=Cc1ccc(OC)c(OCCCCCC(C)(C(=O)O)C(=O)O)c1[CH]=[Ni])OCO2. The maximum absolute atomic E-state index is 11.3. The Labute approximate surface area is 224 Å². The molecule has 0 atom stereocenters. The average Bonchev–Trinajstić information content (AvgIpc) is 3.35. The Morgan fingerprint density at radius 3 is 2.35 bits per heavy atom. The van der Waals surface area contributed by atoms with Crippen LogP contribution in [-0.2, 0) is 31.0 Å². The van der Waals surface area contributed by atoms with E-state index in [-0.39, 0.29) is 13.2 Å². The minimum atomic E-state index is -1.79. The molecule has 1 heterocycles. The van der Waals surface area contributed by atoms with Gasteiger partial charge in [-0.05, 0) is 0 Å². The molecular weight excluding hydrogens is 523 g/mol. The first-order valence-electron chi connectivity index (χ1n) is 12.1. The van der Waals surface area contributed by atoms with E-state index >= 15 is 0 Å². The fourth-order valence-corrected chi connectivity index (χ4v) is 4.32. The van der Waals surface area contributed by atoms with Gasteiger partial charge in [0.25, 0.3) is 0 Å². The van der Waals surface area contributed by atoms with Crippen LogP contribution in [0.25, 0.3) is 12.2 Å². The van der Waals surface area contributed by atoms with Crippen LogP contribution in [0.3, 0.4) is 0 Å². The van der Waals surface area contributed by atoms with Gasteiger partial charge in [-0.2, -0.15) is 0 Å². The fourth-order valence-electron chi connectivity index (χ4n) is 4.02. The summed E-state index contributed by atoms with van der Waals surface area (Å²) in [5.41, 5.74) is 1.99. The number of benzene rings is 2. The zero-order valence-electron chi connectivity index (χ0n) is 21.2. The first-order chi connectivity index (χ1) is 17.7. The normalized spacial score (nSPS) is 12.6. The molecule has 0 spiro atoms. The molecule has 1 aliphatic heterocycles. The van der Waals surface area contributed by atoms with E-state index in [1.54, 1.807) is 12.1 Å². The Morgan fingerprint density at radius 2 is 1.73 bits per heavy atom. The predicted octanol–water partition coefficient (Wildman–Crippen LogP) is 4.97. The number of aliphatic carboxylic acids is 2. The van der Waals surface area contributed by atoms with E-state index in [0.717, 1.165) is 40.2 Å². The van der Waals surface area contributed by atoms with E-state index in [4.69, 9.17) is 34.0 Å². The number of carbonyl (C=O) groups is 2. The van der Waals surface area contributed by atoms with E-state index in [1.165, 1.54) is 6.92 Å². The van der Waals surface area contributed by atoms with Gasteiger partial charge in [-0.3, -0.25) is 0 Å². The third-order valence-corrected chi connectivity index (χ3v) is 6.76. The van der Waals surface area contributed by atoms with Crippen molar-refractivity contribution in [3.05, 3.63) is 46.5 Å². The number of hydrogen-bond acceptors (Lipinski definition) is 6. The number of fused-ring (bicyclic) bond motifs is 1. The Balaban J connectivity index is 1.71. The van der Waals surface area contributed by atoms with Crippen LogP contribution in [0.1, 0.15) is 61.8 Å². The molecule has 0 saturated heterocycles. The van der Waals surface area contributed by atoms with Crippen LogP contribution in [0, 0.1) is 5.41 Å². The molecule has 3 rings (SSSR count). The molecule has 0 saturated carbocycles. The molecule has 8 nitrogen and oxygen atoms in total. The molecule has 2 aromatic rings.